The summed E-state index contributed by atoms with van der Waals surface area (Å²) < 4.78 is 33.7. The number of nitrogens with zero attached hydrogens (tertiary/aromatic N) is 2. The smallest absolute Gasteiger partial charge is 0.244 e. The maximum atomic E-state index is 12.1. The molecule has 110 valence electrons. The minimum absolute atomic E-state index is 0.134. The van der Waals surface area contributed by atoms with E-state index in [1.54, 1.807) is 17.8 Å². The van der Waals surface area contributed by atoms with Crippen LogP contribution in [0.4, 0.5) is 0 Å². The third-order valence-corrected chi connectivity index (χ3v) is 4.38. The number of sulfonamides is 1. The fourth-order valence-corrected chi connectivity index (χ4v) is 3.08. The van der Waals surface area contributed by atoms with Gasteiger partial charge in [-0.05, 0) is 19.4 Å². The van der Waals surface area contributed by atoms with E-state index in [0.717, 1.165) is 5.56 Å². The Balaban J connectivity index is 2.01. The first-order valence-electron chi connectivity index (χ1n) is 6.20. The lowest BCUT2D eigenvalue weighted by atomic mass is 10.4. The lowest BCUT2D eigenvalue weighted by Gasteiger charge is -2.05. The number of aromatic nitrogens is 2. The van der Waals surface area contributed by atoms with Gasteiger partial charge in [-0.2, -0.15) is 5.10 Å². The van der Waals surface area contributed by atoms with Gasteiger partial charge in [0.15, 0.2) is 0 Å². The Bertz CT molecular complexity index is 687. The number of nitrogens with two attached hydrogens (primary N) is 1. The van der Waals surface area contributed by atoms with Crippen molar-refractivity contribution in [3.8, 4) is 0 Å². The van der Waals surface area contributed by atoms with E-state index in [-0.39, 0.29) is 18.0 Å². The van der Waals surface area contributed by atoms with Gasteiger partial charge in [0.2, 0.25) is 10.0 Å². The first-order chi connectivity index (χ1) is 9.42. The second-order valence-electron chi connectivity index (χ2n) is 4.52. The Morgan fingerprint density at radius 1 is 1.45 bits per heavy atom. The SMILES string of the molecule is Cc1cnn(CCNS(=O)(=O)c2cc(CN)oc2C)c1. The summed E-state index contributed by atoms with van der Waals surface area (Å²) in [6.07, 6.45) is 3.58. The highest BCUT2D eigenvalue weighted by atomic mass is 32.2. The van der Waals surface area contributed by atoms with Crippen LogP contribution in [0.25, 0.3) is 0 Å². The highest BCUT2D eigenvalue weighted by Crippen LogP contribution is 2.19. The van der Waals surface area contributed by atoms with Gasteiger partial charge in [0.05, 0.1) is 19.3 Å². The lowest BCUT2D eigenvalue weighted by Crippen LogP contribution is -2.27. The van der Waals surface area contributed by atoms with E-state index in [0.29, 0.717) is 18.1 Å². The molecule has 2 aromatic heterocycles. The summed E-state index contributed by atoms with van der Waals surface area (Å²) in [5, 5.41) is 4.09. The summed E-state index contributed by atoms with van der Waals surface area (Å²) in [7, 11) is -3.58. The normalized spacial score (nSPS) is 11.9. The molecule has 7 nitrogen and oxygen atoms in total. The summed E-state index contributed by atoms with van der Waals surface area (Å²) >= 11 is 0. The van der Waals surface area contributed by atoms with Gasteiger partial charge in [0.1, 0.15) is 16.4 Å². The van der Waals surface area contributed by atoms with Crippen LogP contribution in [-0.2, 0) is 23.1 Å². The molecule has 0 unspecified atom stereocenters. The summed E-state index contributed by atoms with van der Waals surface area (Å²) in [6.45, 7) is 4.42. The van der Waals surface area contributed by atoms with Crippen LogP contribution in [0.15, 0.2) is 27.8 Å². The standard InChI is InChI=1S/C12H18N4O3S/c1-9-7-14-16(8-9)4-3-15-20(17,18)12-5-11(6-13)19-10(12)2/h5,7-8,15H,3-4,6,13H2,1-2H3. The number of hydrogen-bond donors (Lipinski definition) is 2. The molecule has 0 radical (unpaired) electrons. The quantitative estimate of drug-likeness (QED) is 0.809. The van der Waals surface area contributed by atoms with Crippen LogP contribution < -0.4 is 10.5 Å². The Morgan fingerprint density at radius 2 is 2.20 bits per heavy atom. The monoisotopic (exact) mass is 298 g/mol. The molecule has 20 heavy (non-hydrogen) atoms. The molecular formula is C12H18N4O3S. The van der Waals surface area contributed by atoms with Crippen molar-refractivity contribution in [2.45, 2.75) is 31.8 Å². The molecular weight excluding hydrogens is 280 g/mol. The molecule has 2 rings (SSSR count). The zero-order valence-electron chi connectivity index (χ0n) is 11.5. The number of nitrogens with one attached hydrogen (secondary N) is 1. The average molecular weight is 298 g/mol. The van der Waals surface area contributed by atoms with Gasteiger partial charge in [-0.3, -0.25) is 4.68 Å². The number of rotatable bonds is 6. The molecule has 0 aromatic carbocycles. The third kappa shape index (κ3) is 3.27. The molecule has 0 spiro atoms. The van der Waals surface area contributed by atoms with Crippen LogP contribution in [0.5, 0.6) is 0 Å². The van der Waals surface area contributed by atoms with Crippen molar-refractivity contribution in [1.82, 2.24) is 14.5 Å². The molecule has 0 fully saturated rings. The number of aryl methyl sites for hydroxylation is 2. The fourth-order valence-electron chi connectivity index (χ4n) is 1.85. The minimum Gasteiger partial charge on any atom is -0.464 e. The molecule has 0 aliphatic rings. The van der Waals surface area contributed by atoms with Crippen molar-refractivity contribution in [3.63, 3.8) is 0 Å². The Labute approximate surface area is 117 Å². The van der Waals surface area contributed by atoms with Crippen molar-refractivity contribution in [1.29, 1.82) is 0 Å². The van der Waals surface area contributed by atoms with E-state index in [9.17, 15) is 8.42 Å². The maximum Gasteiger partial charge on any atom is 0.244 e. The molecule has 0 aliphatic heterocycles. The Hall–Kier alpha value is -1.64. The van der Waals surface area contributed by atoms with Gasteiger partial charge < -0.3 is 10.2 Å². The van der Waals surface area contributed by atoms with E-state index >= 15 is 0 Å². The van der Waals surface area contributed by atoms with Crippen LogP contribution in [0, 0.1) is 13.8 Å². The van der Waals surface area contributed by atoms with E-state index in [1.807, 2.05) is 13.1 Å². The zero-order valence-corrected chi connectivity index (χ0v) is 12.3. The van der Waals surface area contributed by atoms with Crippen molar-refractivity contribution in [2.75, 3.05) is 6.54 Å². The van der Waals surface area contributed by atoms with E-state index < -0.39 is 10.0 Å². The van der Waals surface area contributed by atoms with Gasteiger partial charge in [-0.25, -0.2) is 13.1 Å². The van der Waals surface area contributed by atoms with Gasteiger partial charge in [0.25, 0.3) is 0 Å². The largest absolute Gasteiger partial charge is 0.464 e. The third-order valence-electron chi connectivity index (χ3n) is 2.81. The first kappa shape index (κ1) is 14.8. The van der Waals surface area contributed by atoms with Crippen molar-refractivity contribution < 1.29 is 12.8 Å². The number of furan rings is 1. The Morgan fingerprint density at radius 3 is 2.75 bits per heavy atom. The molecule has 0 aliphatic carbocycles. The Kier molecular flexibility index (Phi) is 4.26. The van der Waals surface area contributed by atoms with Gasteiger partial charge in [0, 0.05) is 18.8 Å². The van der Waals surface area contributed by atoms with Gasteiger partial charge >= 0.3 is 0 Å². The topological polar surface area (TPSA) is 103 Å². The summed E-state index contributed by atoms with van der Waals surface area (Å²) in [4.78, 5) is 0.134. The summed E-state index contributed by atoms with van der Waals surface area (Å²) in [5.41, 5.74) is 6.47. The summed E-state index contributed by atoms with van der Waals surface area (Å²) in [6, 6.07) is 1.45. The highest BCUT2D eigenvalue weighted by Gasteiger charge is 2.20. The molecule has 2 heterocycles. The van der Waals surface area contributed by atoms with Gasteiger partial charge in [-0.1, -0.05) is 0 Å². The van der Waals surface area contributed by atoms with Crippen molar-refractivity contribution in [3.05, 3.63) is 35.5 Å². The lowest BCUT2D eigenvalue weighted by molar-refractivity contribution is 0.478. The second-order valence-corrected chi connectivity index (χ2v) is 6.25. The molecule has 0 amide bonds. The highest BCUT2D eigenvalue weighted by molar-refractivity contribution is 7.89. The molecule has 8 heteroatoms. The van der Waals surface area contributed by atoms with Crippen LogP contribution >= 0.6 is 0 Å². The zero-order chi connectivity index (χ0) is 14.8. The molecule has 2 aromatic rings. The van der Waals surface area contributed by atoms with Crippen molar-refractivity contribution >= 4 is 10.0 Å². The van der Waals surface area contributed by atoms with Gasteiger partial charge in [-0.15, -0.1) is 0 Å². The van der Waals surface area contributed by atoms with E-state index in [1.165, 1.54) is 6.07 Å². The fraction of sp³-hybridized carbons (Fsp3) is 0.417. The summed E-state index contributed by atoms with van der Waals surface area (Å²) in [5.74, 6) is 0.790. The molecule has 0 saturated heterocycles. The predicted molar refractivity (Wildman–Crippen MR) is 73.5 cm³/mol. The minimum atomic E-state index is -3.58. The van der Waals surface area contributed by atoms with Crippen LogP contribution in [0.2, 0.25) is 0 Å². The van der Waals surface area contributed by atoms with Crippen LogP contribution in [-0.4, -0.2) is 24.7 Å². The van der Waals surface area contributed by atoms with E-state index in [4.69, 9.17) is 10.2 Å². The molecule has 0 bridgehead atoms. The predicted octanol–water partition coefficient (Wildman–Crippen LogP) is 0.530. The van der Waals surface area contributed by atoms with Crippen LogP contribution in [0.1, 0.15) is 17.1 Å². The van der Waals surface area contributed by atoms with Crippen LogP contribution in [0.3, 0.4) is 0 Å². The second kappa shape index (κ2) is 5.78. The molecule has 0 atom stereocenters. The molecule has 3 N–H and O–H groups in total. The maximum absolute atomic E-state index is 12.1. The molecule has 0 saturated carbocycles. The van der Waals surface area contributed by atoms with Crippen molar-refractivity contribution in [2.24, 2.45) is 5.73 Å². The first-order valence-corrected chi connectivity index (χ1v) is 7.69. The average Bonchev–Trinajstić information content (AvgIpc) is 2.95. The number of hydrogen-bond acceptors (Lipinski definition) is 5. The van der Waals surface area contributed by atoms with E-state index in [2.05, 4.69) is 9.82 Å².